The van der Waals surface area contributed by atoms with Crippen molar-refractivity contribution in [2.24, 2.45) is 0 Å². The van der Waals surface area contributed by atoms with Gasteiger partial charge in [-0.3, -0.25) is 4.79 Å². The molecule has 1 heterocycles. The van der Waals surface area contributed by atoms with Crippen molar-refractivity contribution < 1.29 is 14.3 Å². The molecule has 4 rings (SSSR count). The minimum Gasteiger partial charge on any atom is -0.445 e. The number of benzene rings is 3. The number of fused-ring (bicyclic) bond motifs is 1. The van der Waals surface area contributed by atoms with E-state index in [1.54, 1.807) is 19.1 Å². The van der Waals surface area contributed by atoms with Gasteiger partial charge in [-0.1, -0.05) is 66.7 Å². The molecule has 3 aromatic rings. The number of carbonyl (C=O) groups is 2. The maximum Gasteiger partial charge on any atom is 0.339 e. The summed E-state index contributed by atoms with van der Waals surface area (Å²) in [7, 11) is 0. The van der Waals surface area contributed by atoms with Crippen LogP contribution >= 0.6 is 0 Å². The molecule has 1 amide bonds. The molecule has 0 fully saturated rings. The molecule has 0 bridgehead atoms. The molecule has 0 saturated carbocycles. The average Bonchev–Trinajstić information content (AvgIpc) is 2.70. The van der Waals surface area contributed by atoms with Gasteiger partial charge in [-0.15, -0.1) is 0 Å². The second kappa shape index (κ2) is 7.31. The van der Waals surface area contributed by atoms with Gasteiger partial charge in [0.25, 0.3) is 5.91 Å². The highest BCUT2D eigenvalue weighted by Gasteiger charge is 2.42. The molecule has 4 heteroatoms. The molecule has 1 aliphatic heterocycles. The van der Waals surface area contributed by atoms with Gasteiger partial charge >= 0.3 is 5.97 Å². The summed E-state index contributed by atoms with van der Waals surface area (Å²) in [5.41, 5.74) is 3.01. The van der Waals surface area contributed by atoms with Crippen LogP contribution < -0.4 is 5.32 Å². The molecule has 0 saturated heterocycles. The fourth-order valence-corrected chi connectivity index (χ4v) is 3.53. The normalized spacial score (nSPS) is 18.1. The number of esters is 1. The fourth-order valence-electron chi connectivity index (χ4n) is 3.53. The van der Waals surface area contributed by atoms with Crippen LogP contribution in [0, 0.1) is 0 Å². The largest absolute Gasteiger partial charge is 0.445 e. The van der Waals surface area contributed by atoms with Crippen LogP contribution in [0.5, 0.6) is 0 Å². The molecule has 0 radical (unpaired) electrons. The van der Waals surface area contributed by atoms with Gasteiger partial charge in [-0.2, -0.15) is 0 Å². The molecule has 0 aliphatic carbocycles. The Hall–Kier alpha value is -3.40. The quantitative estimate of drug-likeness (QED) is 0.692. The van der Waals surface area contributed by atoms with Crippen LogP contribution in [0.15, 0.2) is 78.9 Å². The molecule has 3 aromatic carbocycles. The van der Waals surface area contributed by atoms with E-state index < -0.39 is 11.6 Å². The first-order chi connectivity index (χ1) is 13.5. The molecule has 28 heavy (non-hydrogen) atoms. The summed E-state index contributed by atoms with van der Waals surface area (Å²) in [6, 6.07) is 25.0. The zero-order valence-electron chi connectivity index (χ0n) is 15.6. The Kier molecular flexibility index (Phi) is 4.70. The van der Waals surface area contributed by atoms with Crippen LogP contribution in [0.25, 0.3) is 0 Å². The number of hydrogen-bond donors (Lipinski definition) is 1. The van der Waals surface area contributed by atoms with Crippen LogP contribution in [0.2, 0.25) is 0 Å². The SMILES string of the molecule is C[C@]1(C(=O)Nc2ccccc2Cc2ccccc2)Cc2ccccc2C(=O)O1. The molecule has 0 unspecified atom stereocenters. The van der Waals surface area contributed by atoms with Crippen LogP contribution in [-0.4, -0.2) is 17.5 Å². The first-order valence-corrected chi connectivity index (χ1v) is 9.30. The summed E-state index contributed by atoms with van der Waals surface area (Å²) in [6.45, 7) is 1.66. The van der Waals surface area contributed by atoms with Gasteiger partial charge in [0.15, 0.2) is 5.60 Å². The molecular formula is C24H21NO3. The molecule has 4 nitrogen and oxygen atoms in total. The van der Waals surface area contributed by atoms with Crippen LogP contribution in [0.1, 0.15) is 34.0 Å². The molecule has 1 N–H and O–H groups in total. The number of rotatable bonds is 4. The van der Waals surface area contributed by atoms with Gasteiger partial charge in [-0.05, 0) is 42.2 Å². The lowest BCUT2D eigenvalue weighted by Gasteiger charge is -2.33. The Morgan fingerprint density at radius 2 is 1.64 bits per heavy atom. The monoisotopic (exact) mass is 371 g/mol. The van der Waals surface area contributed by atoms with Crippen molar-refractivity contribution in [1.82, 2.24) is 0 Å². The van der Waals surface area contributed by atoms with E-state index >= 15 is 0 Å². The minimum atomic E-state index is -1.24. The zero-order valence-corrected chi connectivity index (χ0v) is 15.6. The first-order valence-electron chi connectivity index (χ1n) is 9.30. The molecule has 0 aromatic heterocycles. The molecular weight excluding hydrogens is 350 g/mol. The highest BCUT2D eigenvalue weighted by molar-refractivity contribution is 6.02. The highest BCUT2D eigenvalue weighted by atomic mass is 16.6. The van der Waals surface area contributed by atoms with Crippen LogP contribution in [0.4, 0.5) is 5.69 Å². The van der Waals surface area contributed by atoms with Crippen LogP contribution in [0.3, 0.4) is 0 Å². The summed E-state index contributed by atoms with van der Waals surface area (Å²) in [5.74, 6) is -0.784. The van der Waals surface area contributed by atoms with Gasteiger partial charge < -0.3 is 10.1 Å². The maximum absolute atomic E-state index is 13.1. The third-order valence-electron chi connectivity index (χ3n) is 5.07. The Morgan fingerprint density at radius 1 is 0.964 bits per heavy atom. The Bertz CT molecular complexity index is 1030. The maximum atomic E-state index is 13.1. The van der Waals surface area contributed by atoms with Crippen LogP contribution in [-0.2, 0) is 22.4 Å². The van der Waals surface area contributed by atoms with Crippen molar-refractivity contribution in [2.75, 3.05) is 5.32 Å². The Balaban J connectivity index is 1.57. The number of carbonyl (C=O) groups excluding carboxylic acids is 2. The van der Waals surface area contributed by atoms with Gasteiger partial charge in [0, 0.05) is 12.1 Å². The van der Waals surface area contributed by atoms with Gasteiger partial charge in [0.2, 0.25) is 0 Å². The van der Waals surface area contributed by atoms with E-state index in [1.807, 2.05) is 54.6 Å². The molecule has 1 aliphatic rings. The lowest BCUT2D eigenvalue weighted by molar-refractivity contribution is -0.134. The van der Waals surface area contributed by atoms with Crippen molar-refractivity contribution in [2.45, 2.75) is 25.4 Å². The lowest BCUT2D eigenvalue weighted by atomic mass is 9.89. The second-order valence-electron chi connectivity index (χ2n) is 7.23. The average molecular weight is 371 g/mol. The van der Waals surface area contributed by atoms with E-state index in [4.69, 9.17) is 4.74 Å². The molecule has 0 spiro atoms. The lowest BCUT2D eigenvalue weighted by Crippen LogP contribution is -2.49. The van der Waals surface area contributed by atoms with Crippen molar-refractivity contribution in [1.29, 1.82) is 0 Å². The number of cyclic esters (lactones) is 1. The number of anilines is 1. The number of ether oxygens (including phenoxy) is 1. The number of hydrogen-bond acceptors (Lipinski definition) is 3. The number of nitrogens with one attached hydrogen (secondary N) is 1. The Labute approximate surface area is 164 Å². The standard InChI is InChI=1S/C24H21NO3/c1-24(16-19-12-5-7-13-20(19)22(26)28-24)23(27)25-21-14-8-6-11-18(21)15-17-9-3-2-4-10-17/h2-14H,15-16H2,1H3,(H,25,27)/t24-/m1/s1. The highest BCUT2D eigenvalue weighted by Crippen LogP contribution is 2.30. The second-order valence-corrected chi connectivity index (χ2v) is 7.23. The summed E-state index contributed by atoms with van der Waals surface area (Å²) in [6.07, 6.45) is 1.05. The third-order valence-corrected chi connectivity index (χ3v) is 5.07. The summed E-state index contributed by atoms with van der Waals surface area (Å²) >= 11 is 0. The van der Waals surface area contributed by atoms with Gasteiger partial charge in [-0.25, -0.2) is 4.79 Å². The number of amides is 1. The first kappa shape index (κ1) is 18.0. The Morgan fingerprint density at radius 3 is 2.46 bits per heavy atom. The fraction of sp³-hybridized carbons (Fsp3) is 0.167. The number of para-hydroxylation sites is 1. The van der Waals surface area contributed by atoms with E-state index in [-0.39, 0.29) is 5.91 Å². The topological polar surface area (TPSA) is 55.4 Å². The van der Waals surface area contributed by atoms with Gasteiger partial charge in [0.05, 0.1) is 5.56 Å². The zero-order chi connectivity index (χ0) is 19.6. The predicted octanol–water partition coefficient (Wildman–Crippen LogP) is 4.39. The minimum absolute atomic E-state index is 0.323. The van der Waals surface area contributed by atoms with E-state index in [2.05, 4.69) is 17.4 Å². The third kappa shape index (κ3) is 3.54. The van der Waals surface area contributed by atoms with Crippen molar-refractivity contribution >= 4 is 17.6 Å². The predicted molar refractivity (Wildman–Crippen MR) is 108 cm³/mol. The summed E-state index contributed by atoms with van der Waals surface area (Å²) in [5, 5.41) is 2.98. The van der Waals surface area contributed by atoms with E-state index in [0.29, 0.717) is 18.4 Å². The van der Waals surface area contributed by atoms with E-state index in [0.717, 1.165) is 22.4 Å². The smallest absolute Gasteiger partial charge is 0.339 e. The van der Waals surface area contributed by atoms with E-state index in [1.165, 1.54) is 0 Å². The van der Waals surface area contributed by atoms with Crippen molar-refractivity contribution in [3.63, 3.8) is 0 Å². The van der Waals surface area contributed by atoms with E-state index in [9.17, 15) is 9.59 Å². The van der Waals surface area contributed by atoms with Crippen molar-refractivity contribution in [3.05, 3.63) is 101 Å². The molecule has 1 atom stereocenters. The summed E-state index contributed by atoms with van der Waals surface area (Å²) in [4.78, 5) is 25.4. The molecule has 140 valence electrons. The van der Waals surface area contributed by atoms with Gasteiger partial charge in [0.1, 0.15) is 0 Å². The summed E-state index contributed by atoms with van der Waals surface area (Å²) < 4.78 is 5.54. The van der Waals surface area contributed by atoms with Crippen molar-refractivity contribution in [3.8, 4) is 0 Å².